The van der Waals surface area contributed by atoms with E-state index in [4.69, 9.17) is 5.73 Å². The van der Waals surface area contributed by atoms with E-state index in [0.29, 0.717) is 12.8 Å². The van der Waals surface area contributed by atoms with Crippen molar-refractivity contribution in [1.82, 2.24) is 4.98 Å². The molecule has 96 valence electrons. The number of thiazole rings is 1. The van der Waals surface area contributed by atoms with Crippen LogP contribution >= 0.6 is 11.3 Å². The number of hydrogen-bond donors (Lipinski definition) is 2. The quantitative estimate of drug-likeness (QED) is 0.870. The van der Waals surface area contributed by atoms with Gasteiger partial charge in [-0.1, -0.05) is 37.3 Å². The Bertz CT molecular complexity index is 492. The van der Waals surface area contributed by atoms with Crippen molar-refractivity contribution < 1.29 is 5.11 Å². The Morgan fingerprint density at radius 3 is 2.67 bits per heavy atom. The summed E-state index contributed by atoms with van der Waals surface area (Å²) in [5, 5.41) is 13.2. The minimum atomic E-state index is -0.828. The summed E-state index contributed by atoms with van der Waals surface area (Å²) in [6.45, 7) is 2.21. The van der Waals surface area contributed by atoms with E-state index in [9.17, 15) is 5.11 Å². The number of nitrogens with zero attached hydrogens (tertiary/aromatic N) is 1. The molecule has 18 heavy (non-hydrogen) atoms. The summed E-state index contributed by atoms with van der Waals surface area (Å²) in [4.78, 5) is 4.56. The molecule has 1 heterocycles. The van der Waals surface area contributed by atoms with Gasteiger partial charge in [0.1, 0.15) is 0 Å². The Kier molecular flexibility index (Phi) is 4.11. The third-order valence-corrected chi connectivity index (χ3v) is 3.99. The minimum Gasteiger partial charge on any atom is -0.388 e. The maximum absolute atomic E-state index is 10.2. The SMILES string of the molecule is CCC(O)(CN)Cc1nc(-c2ccccc2)cs1. The van der Waals surface area contributed by atoms with Crippen LogP contribution in [0.25, 0.3) is 11.3 Å². The third-order valence-electron chi connectivity index (χ3n) is 3.14. The van der Waals surface area contributed by atoms with Gasteiger partial charge in [-0.25, -0.2) is 4.98 Å². The zero-order valence-corrected chi connectivity index (χ0v) is 11.3. The molecule has 1 unspecified atom stereocenters. The van der Waals surface area contributed by atoms with Gasteiger partial charge in [-0.15, -0.1) is 11.3 Å². The molecule has 3 N–H and O–H groups in total. The second-order valence-electron chi connectivity index (χ2n) is 4.45. The van der Waals surface area contributed by atoms with Crippen LogP contribution < -0.4 is 5.73 Å². The van der Waals surface area contributed by atoms with Crippen LogP contribution in [0.4, 0.5) is 0 Å². The first-order valence-corrected chi connectivity index (χ1v) is 6.97. The largest absolute Gasteiger partial charge is 0.388 e. The van der Waals surface area contributed by atoms with Crippen molar-refractivity contribution in [3.8, 4) is 11.3 Å². The molecule has 0 saturated carbocycles. The highest BCUT2D eigenvalue weighted by molar-refractivity contribution is 7.09. The topological polar surface area (TPSA) is 59.1 Å². The first-order valence-electron chi connectivity index (χ1n) is 6.09. The number of nitrogens with two attached hydrogens (primary N) is 1. The minimum absolute atomic E-state index is 0.268. The molecule has 0 spiro atoms. The van der Waals surface area contributed by atoms with Crippen LogP contribution in [0, 0.1) is 0 Å². The van der Waals surface area contributed by atoms with Gasteiger partial charge in [-0.05, 0) is 6.42 Å². The van der Waals surface area contributed by atoms with Crippen LogP contribution in [0.15, 0.2) is 35.7 Å². The van der Waals surface area contributed by atoms with Gasteiger partial charge in [0.15, 0.2) is 0 Å². The summed E-state index contributed by atoms with van der Waals surface area (Å²) in [5.41, 5.74) is 6.85. The summed E-state index contributed by atoms with van der Waals surface area (Å²) in [6.07, 6.45) is 1.17. The zero-order valence-electron chi connectivity index (χ0n) is 10.5. The highest BCUT2D eigenvalue weighted by Crippen LogP contribution is 2.25. The normalized spacial score (nSPS) is 14.4. The monoisotopic (exact) mass is 262 g/mol. The molecule has 1 aromatic heterocycles. The van der Waals surface area contributed by atoms with Crippen molar-refractivity contribution in [2.24, 2.45) is 5.73 Å². The molecule has 2 aromatic rings. The van der Waals surface area contributed by atoms with Gasteiger partial charge in [0, 0.05) is 23.9 Å². The highest BCUT2D eigenvalue weighted by atomic mass is 32.1. The van der Waals surface area contributed by atoms with Gasteiger partial charge in [-0.3, -0.25) is 0 Å². The van der Waals surface area contributed by atoms with Crippen molar-refractivity contribution >= 4 is 11.3 Å². The second kappa shape index (κ2) is 5.61. The molecule has 0 amide bonds. The van der Waals surface area contributed by atoms with Crippen molar-refractivity contribution in [2.75, 3.05) is 6.54 Å². The smallest absolute Gasteiger partial charge is 0.0961 e. The van der Waals surface area contributed by atoms with E-state index >= 15 is 0 Å². The summed E-state index contributed by atoms with van der Waals surface area (Å²) >= 11 is 1.58. The van der Waals surface area contributed by atoms with Crippen molar-refractivity contribution in [3.05, 3.63) is 40.7 Å². The zero-order chi connectivity index (χ0) is 13.0. The standard InChI is InChI=1S/C14H18N2OS/c1-2-14(17,10-15)8-13-16-12(9-18-13)11-6-4-3-5-7-11/h3-7,9,17H,2,8,10,15H2,1H3. The maximum Gasteiger partial charge on any atom is 0.0961 e. The van der Waals surface area contributed by atoms with Crippen LogP contribution in [-0.4, -0.2) is 22.2 Å². The molecule has 0 aliphatic carbocycles. The Morgan fingerprint density at radius 1 is 1.33 bits per heavy atom. The third kappa shape index (κ3) is 2.96. The van der Waals surface area contributed by atoms with Gasteiger partial charge in [0.25, 0.3) is 0 Å². The van der Waals surface area contributed by atoms with Gasteiger partial charge in [0.2, 0.25) is 0 Å². The number of hydrogen-bond acceptors (Lipinski definition) is 4. The number of aromatic nitrogens is 1. The van der Waals surface area contributed by atoms with Gasteiger partial charge in [-0.2, -0.15) is 0 Å². The lowest BCUT2D eigenvalue weighted by atomic mass is 9.97. The van der Waals surface area contributed by atoms with E-state index < -0.39 is 5.60 Å². The molecule has 4 heteroatoms. The fourth-order valence-corrected chi connectivity index (χ4v) is 2.70. The van der Waals surface area contributed by atoms with E-state index in [1.54, 1.807) is 11.3 Å². The lowest BCUT2D eigenvalue weighted by molar-refractivity contribution is 0.0456. The lowest BCUT2D eigenvalue weighted by Crippen LogP contribution is -2.39. The molecular formula is C14H18N2OS. The molecule has 0 radical (unpaired) electrons. The molecular weight excluding hydrogens is 244 g/mol. The number of benzene rings is 1. The van der Waals surface area contributed by atoms with Gasteiger partial charge >= 0.3 is 0 Å². The average molecular weight is 262 g/mol. The van der Waals surface area contributed by atoms with Crippen LogP contribution in [-0.2, 0) is 6.42 Å². The number of rotatable bonds is 5. The van der Waals surface area contributed by atoms with Crippen LogP contribution in [0.1, 0.15) is 18.4 Å². The van der Waals surface area contributed by atoms with Crippen molar-refractivity contribution in [3.63, 3.8) is 0 Å². The lowest BCUT2D eigenvalue weighted by Gasteiger charge is -2.23. The Balaban J connectivity index is 2.16. The van der Waals surface area contributed by atoms with Crippen molar-refractivity contribution in [2.45, 2.75) is 25.4 Å². The van der Waals surface area contributed by atoms with E-state index in [2.05, 4.69) is 4.98 Å². The molecule has 0 saturated heterocycles. The first kappa shape index (κ1) is 13.2. The van der Waals surface area contributed by atoms with E-state index in [-0.39, 0.29) is 6.54 Å². The second-order valence-corrected chi connectivity index (χ2v) is 5.39. The molecule has 2 rings (SSSR count). The molecule has 0 fully saturated rings. The van der Waals surface area contributed by atoms with Crippen LogP contribution in [0.5, 0.6) is 0 Å². The predicted octanol–water partition coefficient (Wildman–Crippen LogP) is 2.45. The highest BCUT2D eigenvalue weighted by Gasteiger charge is 2.24. The van der Waals surface area contributed by atoms with Gasteiger partial charge in [0.05, 0.1) is 16.3 Å². The summed E-state index contributed by atoms with van der Waals surface area (Å²) < 4.78 is 0. The summed E-state index contributed by atoms with van der Waals surface area (Å²) in [7, 11) is 0. The van der Waals surface area contributed by atoms with E-state index in [0.717, 1.165) is 16.3 Å². The molecule has 0 aliphatic heterocycles. The van der Waals surface area contributed by atoms with E-state index in [1.165, 1.54) is 0 Å². The maximum atomic E-state index is 10.2. The molecule has 3 nitrogen and oxygen atoms in total. The molecule has 1 aromatic carbocycles. The summed E-state index contributed by atoms with van der Waals surface area (Å²) in [5.74, 6) is 0. The van der Waals surface area contributed by atoms with Crippen LogP contribution in [0.2, 0.25) is 0 Å². The summed E-state index contributed by atoms with van der Waals surface area (Å²) in [6, 6.07) is 10.1. The number of aliphatic hydroxyl groups is 1. The Labute approximate surface area is 111 Å². The fourth-order valence-electron chi connectivity index (χ4n) is 1.76. The predicted molar refractivity (Wildman–Crippen MR) is 75.5 cm³/mol. The van der Waals surface area contributed by atoms with E-state index in [1.807, 2.05) is 42.6 Å². The Morgan fingerprint density at radius 2 is 2.06 bits per heavy atom. The fraction of sp³-hybridized carbons (Fsp3) is 0.357. The average Bonchev–Trinajstić information content (AvgIpc) is 2.88. The Hall–Kier alpha value is -1.23. The first-order chi connectivity index (χ1) is 8.67. The van der Waals surface area contributed by atoms with Gasteiger partial charge < -0.3 is 10.8 Å². The molecule has 0 aliphatic rings. The van der Waals surface area contributed by atoms with Crippen molar-refractivity contribution in [1.29, 1.82) is 0 Å². The van der Waals surface area contributed by atoms with Crippen LogP contribution in [0.3, 0.4) is 0 Å². The molecule has 0 bridgehead atoms. The molecule has 1 atom stereocenters.